The Balaban J connectivity index is 2.07. The summed E-state index contributed by atoms with van der Waals surface area (Å²) >= 11 is 0. The number of carboxylic acid groups (broad SMARTS) is 1. The van der Waals surface area contributed by atoms with Crippen molar-refractivity contribution in [2.24, 2.45) is 5.41 Å². The molecule has 1 aromatic rings. The minimum absolute atomic E-state index is 0.0920. The smallest absolute Gasteiger partial charge is 0.407 e. The lowest BCUT2D eigenvalue weighted by molar-refractivity contribution is -0.385. The number of pyridine rings is 1. The van der Waals surface area contributed by atoms with E-state index in [9.17, 15) is 20.0 Å². The van der Waals surface area contributed by atoms with Gasteiger partial charge in [0.2, 0.25) is 5.88 Å². The molecule has 8 heteroatoms. The van der Waals surface area contributed by atoms with Gasteiger partial charge in [-0.1, -0.05) is 20.8 Å². The molecule has 0 saturated carbocycles. The molecular formula is C15H21N3O5. The number of ether oxygens (including phenoxy) is 1. The molecule has 1 aromatic heterocycles. The van der Waals surface area contributed by atoms with Crippen molar-refractivity contribution in [2.45, 2.75) is 45.8 Å². The number of nitro groups is 1. The van der Waals surface area contributed by atoms with Gasteiger partial charge in [-0.15, -0.1) is 0 Å². The molecule has 1 aliphatic rings. The van der Waals surface area contributed by atoms with Gasteiger partial charge in [-0.05, 0) is 5.41 Å². The van der Waals surface area contributed by atoms with Gasteiger partial charge in [0.25, 0.3) is 5.69 Å². The molecule has 2 atom stereocenters. The summed E-state index contributed by atoms with van der Waals surface area (Å²) < 4.78 is 5.79. The van der Waals surface area contributed by atoms with Gasteiger partial charge in [-0.25, -0.2) is 9.78 Å². The first kappa shape index (κ1) is 17.0. The molecule has 1 aliphatic heterocycles. The summed E-state index contributed by atoms with van der Waals surface area (Å²) in [6.45, 7) is 6.40. The number of nitrogens with zero attached hydrogens (tertiary/aromatic N) is 3. The Morgan fingerprint density at radius 2 is 2.17 bits per heavy atom. The van der Waals surface area contributed by atoms with Crippen molar-refractivity contribution in [3.05, 3.63) is 28.4 Å². The second kappa shape index (κ2) is 6.39. The van der Waals surface area contributed by atoms with Crippen LogP contribution in [0.15, 0.2) is 18.3 Å². The van der Waals surface area contributed by atoms with Crippen molar-refractivity contribution >= 4 is 11.8 Å². The Kier molecular flexibility index (Phi) is 4.72. The summed E-state index contributed by atoms with van der Waals surface area (Å²) in [5, 5.41) is 20.0. The molecule has 0 bridgehead atoms. The van der Waals surface area contributed by atoms with Crippen LogP contribution in [0.4, 0.5) is 10.5 Å². The Morgan fingerprint density at radius 3 is 2.65 bits per heavy atom. The normalized spacial score (nSPS) is 21.8. The largest absolute Gasteiger partial charge is 0.474 e. The molecular weight excluding hydrogens is 302 g/mol. The third-order valence-corrected chi connectivity index (χ3v) is 4.02. The molecule has 0 aliphatic carbocycles. The number of amides is 1. The maximum atomic E-state index is 11.4. The van der Waals surface area contributed by atoms with Gasteiger partial charge in [0, 0.05) is 37.6 Å². The maximum absolute atomic E-state index is 11.4. The fourth-order valence-electron chi connectivity index (χ4n) is 2.81. The molecule has 2 unspecified atom stereocenters. The predicted octanol–water partition coefficient (Wildman–Crippen LogP) is 2.93. The van der Waals surface area contributed by atoms with Crippen molar-refractivity contribution < 1.29 is 19.6 Å². The van der Waals surface area contributed by atoms with Crippen LogP contribution >= 0.6 is 0 Å². The van der Waals surface area contributed by atoms with E-state index in [4.69, 9.17) is 4.74 Å². The summed E-state index contributed by atoms with van der Waals surface area (Å²) in [5.74, 6) is 0.317. The number of aromatic nitrogens is 1. The fraction of sp³-hybridized carbons (Fsp3) is 0.600. The summed E-state index contributed by atoms with van der Waals surface area (Å²) in [5.41, 5.74) is -0.297. The maximum Gasteiger partial charge on any atom is 0.407 e. The van der Waals surface area contributed by atoms with Crippen LogP contribution in [0.1, 0.15) is 33.6 Å². The highest BCUT2D eigenvalue weighted by Gasteiger charge is 2.39. The zero-order chi connectivity index (χ0) is 17.2. The molecule has 126 valence electrons. The van der Waals surface area contributed by atoms with Crippen molar-refractivity contribution in [3.8, 4) is 5.88 Å². The number of likely N-dealkylation sites (tertiary alicyclic amines) is 1. The molecule has 2 heterocycles. The fourth-order valence-corrected chi connectivity index (χ4v) is 2.81. The second-order valence-electron chi connectivity index (χ2n) is 6.73. The van der Waals surface area contributed by atoms with Crippen LogP contribution in [0.5, 0.6) is 5.88 Å². The summed E-state index contributed by atoms with van der Waals surface area (Å²) in [6, 6.07) is 2.65. The van der Waals surface area contributed by atoms with E-state index >= 15 is 0 Å². The predicted molar refractivity (Wildman–Crippen MR) is 82.5 cm³/mol. The van der Waals surface area contributed by atoms with Gasteiger partial charge in [0.1, 0.15) is 12.3 Å². The van der Waals surface area contributed by atoms with Crippen LogP contribution in [0.25, 0.3) is 0 Å². The average Bonchev–Trinajstić information content (AvgIpc) is 2.46. The lowest BCUT2D eigenvalue weighted by Crippen LogP contribution is -2.53. The van der Waals surface area contributed by atoms with E-state index in [0.29, 0.717) is 25.3 Å². The molecule has 1 saturated heterocycles. The first-order valence-corrected chi connectivity index (χ1v) is 7.45. The highest BCUT2D eigenvalue weighted by Crippen LogP contribution is 2.33. The number of carbonyl (C=O) groups is 1. The standard InChI is InChI=1S/C15H21N3O5/c1-15(2,3)12-8-11(6-7-17(12)14(19)20)23-13-5-4-10(9-16-13)18(21)22/h4-5,9,11-12H,6-8H2,1-3H3,(H,19,20). The van der Waals surface area contributed by atoms with E-state index in [0.717, 1.165) is 6.20 Å². The van der Waals surface area contributed by atoms with Crippen molar-refractivity contribution in [1.82, 2.24) is 9.88 Å². The zero-order valence-electron chi connectivity index (χ0n) is 13.4. The van der Waals surface area contributed by atoms with Crippen LogP contribution < -0.4 is 4.74 Å². The van der Waals surface area contributed by atoms with E-state index in [1.54, 1.807) is 0 Å². The Morgan fingerprint density at radius 1 is 1.48 bits per heavy atom. The summed E-state index contributed by atoms with van der Waals surface area (Å²) in [4.78, 5) is 26.9. The molecule has 1 N–H and O–H groups in total. The van der Waals surface area contributed by atoms with Gasteiger partial charge in [-0.3, -0.25) is 10.1 Å². The quantitative estimate of drug-likeness (QED) is 0.677. The van der Waals surface area contributed by atoms with Crippen LogP contribution in [0, 0.1) is 15.5 Å². The lowest BCUT2D eigenvalue weighted by atomic mass is 9.80. The van der Waals surface area contributed by atoms with Crippen LogP contribution in [-0.2, 0) is 0 Å². The van der Waals surface area contributed by atoms with E-state index in [-0.39, 0.29) is 23.2 Å². The Labute approximate surface area is 134 Å². The minimum atomic E-state index is -0.920. The first-order valence-electron chi connectivity index (χ1n) is 7.45. The van der Waals surface area contributed by atoms with Gasteiger partial charge in [0.05, 0.1) is 4.92 Å². The van der Waals surface area contributed by atoms with Crippen molar-refractivity contribution in [2.75, 3.05) is 6.54 Å². The lowest BCUT2D eigenvalue weighted by Gasteiger charge is -2.44. The van der Waals surface area contributed by atoms with Crippen molar-refractivity contribution in [1.29, 1.82) is 0 Å². The van der Waals surface area contributed by atoms with Gasteiger partial charge in [0.15, 0.2) is 0 Å². The number of piperidine rings is 1. The summed E-state index contributed by atoms with van der Waals surface area (Å²) in [6.07, 6.45) is 1.20. The first-order chi connectivity index (χ1) is 10.7. The molecule has 8 nitrogen and oxygen atoms in total. The topological polar surface area (TPSA) is 106 Å². The van der Waals surface area contributed by atoms with Gasteiger partial charge in [-0.2, -0.15) is 0 Å². The number of hydrogen-bond acceptors (Lipinski definition) is 5. The molecule has 0 aromatic carbocycles. The van der Waals surface area contributed by atoms with E-state index in [1.165, 1.54) is 17.0 Å². The Bertz CT molecular complexity index is 582. The van der Waals surface area contributed by atoms with E-state index in [1.807, 2.05) is 20.8 Å². The Hall–Kier alpha value is -2.38. The van der Waals surface area contributed by atoms with Gasteiger partial charge < -0.3 is 14.7 Å². The van der Waals surface area contributed by atoms with Gasteiger partial charge >= 0.3 is 6.09 Å². The minimum Gasteiger partial charge on any atom is -0.474 e. The third-order valence-electron chi connectivity index (χ3n) is 4.02. The summed E-state index contributed by atoms with van der Waals surface area (Å²) in [7, 11) is 0. The molecule has 2 rings (SSSR count). The highest BCUT2D eigenvalue weighted by atomic mass is 16.6. The number of rotatable bonds is 3. The van der Waals surface area contributed by atoms with Crippen LogP contribution in [-0.4, -0.2) is 44.7 Å². The van der Waals surface area contributed by atoms with Crippen LogP contribution in [0.2, 0.25) is 0 Å². The molecule has 1 amide bonds. The molecule has 0 radical (unpaired) electrons. The number of hydrogen-bond donors (Lipinski definition) is 1. The third kappa shape index (κ3) is 4.08. The zero-order valence-corrected chi connectivity index (χ0v) is 13.4. The molecule has 0 spiro atoms. The van der Waals surface area contributed by atoms with Crippen molar-refractivity contribution in [3.63, 3.8) is 0 Å². The highest BCUT2D eigenvalue weighted by molar-refractivity contribution is 5.65. The average molecular weight is 323 g/mol. The van der Waals surface area contributed by atoms with E-state index < -0.39 is 11.0 Å². The second-order valence-corrected chi connectivity index (χ2v) is 6.73. The SMILES string of the molecule is CC(C)(C)C1CC(Oc2ccc([N+](=O)[O-])cn2)CCN1C(=O)O. The molecule has 23 heavy (non-hydrogen) atoms. The molecule has 1 fully saturated rings. The monoisotopic (exact) mass is 323 g/mol. The van der Waals surface area contributed by atoms with E-state index in [2.05, 4.69) is 4.98 Å². The van der Waals surface area contributed by atoms with Crippen LogP contribution in [0.3, 0.4) is 0 Å².